The van der Waals surface area contributed by atoms with E-state index in [1.807, 2.05) is 36.6 Å². The minimum atomic E-state index is -0.439. The Morgan fingerprint density at radius 2 is 1.90 bits per heavy atom. The third-order valence-electron chi connectivity index (χ3n) is 4.50. The number of hydrogen-bond donors (Lipinski definition) is 0. The smallest absolute Gasteiger partial charge is 0.338 e. The summed E-state index contributed by atoms with van der Waals surface area (Å²) < 4.78 is 7.13. The Balaban J connectivity index is 1.90. The lowest BCUT2D eigenvalue weighted by molar-refractivity contribution is -0.384. The van der Waals surface area contributed by atoms with Crippen molar-refractivity contribution in [2.45, 2.75) is 20.8 Å². The van der Waals surface area contributed by atoms with Gasteiger partial charge in [0.25, 0.3) is 5.69 Å². The second-order valence-corrected chi connectivity index (χ2v) is 6.46. The van der Waals surface area contributed by atoms with Gasteiger partial charge in [-0.15, -0.1) is 0 Å². The number of hydrogen-bond acceptors (Lipinski definition) is 5. The van der Waals surface area contributed by atoms with Crippen LogP contribution in [0.1, 0.15) is 34.2 Å². The fraction of sp³-hybridized carbons (Fsp3) is 0.182. The van der Waals surface area contributed by atoms with Crippen LogP contribution in [0.2, 0.25) is 0 Å². The van der Waals surface area contributed by atoms with Crippen LogP contribution in [-0.2, 0) is 4.74 Å². The van der Waals surface area contributed by atoms with Crippen LogP contribution in [0.3, 0.4) is 0 Å². The molecule has 1 aromatic heterocycles. The molecule has 0 spiro atoms. The van der Waals surface area contributed by atoms with Crippen LogP contribution >= 0.6 is 0 Å². The monoisotopic (exact) mass is 391 g/mol. The number of benzene rings is 2. The van der Waals surface area contributed by atoms with Gasteiger partial charge in [-0.2, -0.15) is 0 Å². The van der Waals surface area contributed by atoms with Crippen molar-refractivity contribution in [3.63, 3.8) is 0 Å². The molecular weight excluding hydrogens is 370 g/mol. The third kappa shape index (κ3) is 4.40. The summed E-state index contributed by atoms with van der Waals surface area (Å²) >= 11 is 0. The van der Waals surface area contributed by atoms with Crippen molar-refractivity contribution in [2.75, 3.05) is 6.61 Å². The lowest BCUT2D eigenvalue weighted by Crippen LogP contribution is -2.06. The van der Waals surface area contributed by atoms with Gasteiger partial charge in [-0.05, 0) is 57.2 Å². The van der Waals surface area contributed by atoms with E-state index in [0.29, 0.717) is 17.9 Å². The van der Waals surface area contributed by atoms with Gasteiger partial charge >= 0.3 is 5.97 Å². The predicted octanol–water partition coefficient (Wildman–Crippen LogP) is 4.93. The van der Waals surface area contributed by atoms with Gasteiger partial charge in [0.1, 0.15) is 0 Å². The van der Waals surface area contributed by atoms with Gasteiger partial charge in [0.2, 0.25) is 0 Å². The zero-order valence-corrected chi connectivity index (χ0v) is 16.5. The molecule has 148 valence electrons. The highest BCUT2D eigenvalue weighted by atomic mass is 16.6. The largest absolute Gasteiger partial charge is 0.462 e. The van der Waals surface area contributed by atoms with Crippen LogP contribution in [0.25, 0.3) is 5.69 Å². The summed E-state index contributed by atoms with van der Waals surface area (Å²) in [5, 5.41) is 10.7. The third-order valence-corrected chi connectivity index (χ3v) is 4.50. The van der Waals surface area contributed by atoms with Crippen LogP contribution in [-0.4, -0.2) is 28.3 Å². The Hall–Kier alpha value is -3.74. The highest BCUT2D eigenvalue weighted by Gasteiger charge is 2.12. The number of nitro benzene ring substituents is 1. The number of aromatic nitrogens is 1. The maximum absolute atomic E-state index is 12.0. The normalized spacial score (nSPS) is 11.0. The van der Waals surface area contributed by atoms with E-state index < -0.39 is 4.92 Å². The van der Waals surface area contributed by atoms with Gasteiger partial charge < -0.3 is 9.30 Å². The van der Waals surface area contributed by atoms with E-state index in [0.717, 1.165) is 22.6 Å². The first-order chi connectivity index (χ1) is 13.9. The molecule has 7 nitrogen and oxygen atoms in total. The molecule has 7 heteroatoms. The standard InChI is InChI=1S/C22H21N3O4/c1-4-29-22(26)17-6-5-7-21(13-17)24-15(2)12-18(16(24)3)14-23-19-8-10-20(11-9-19)25(27)28/h5-14H,4H2,1-3H3. The summed E-state index contributed by atoms with van der Waals surface area (Å²) in [5.74, 6) is -0.350. The molecule has 0 aliphatic heterocycles. The molecule has 3 aromatic rings. The number of rotatable bonds is 6. The molecule has 0 N–H and O–H groups in total. The average molecular weight is 391 g/mol. The number of carbonyl (C=O) groups excluding carboxylic acids is 1. The number of esters is 1. The van der Waals surface area contributed by atoms with E-state index in [-0.39, 0.29) is 11.7 Å². The summed E-state index contributed by atoms with van der Waals surface area (Å²) in [6.45, 7) is 6.06. The topological polar surface area (TPSA) is 86.7 Å². The lowest BCUT2D eigenvalue weighted by atomic mass is 10.2. The zero-order chi connectivity index (χ0) is 21.0. The summed E-state index contributed by atoms with van der Waals surface area (Å²) in [5.41, 5.74) is 4.90. The molecule has 0 unspecified atom stereocenters. The van der Waals surface area contributed by atoms with Crippen LogP contribution in [0.15, 0.2) is 59.6 Å². The molecular formula is C22H21N3O4. The molecule has 0 saturated carbocycles. The fourth-order valence-electron chi connectivity index (χ4n) is 3.11. The molecule has 0 radical (unpaired) electrons. The number of aryl methyl sites for hydroxylation is 1. The average Bonchev–Trinajstić information content (AvgIpc) is 3.00. The highest BCUT2D eigenvalue weighted by Crippen LogP contribution is 2.22. The zero-order valence-electron chi connectivity index (χ0n) is 16.5. The Labute approximate surface area is 168 Å². The maximum Gasteiger partial charge on any atom is 0.338 e. The van der Waals surface area contributed by atoms with E-state index >= 15 is 0 Å². The van der Waals surface area contributed by atoms with Crippen LogP contribution in [0.5, 0.6) is 0 Å². The van der Waals surface area contributed by atoms with Crippen molar-refractivity contribution in [3.05, 3.63) is 87.2 Å². The Morgan fingerprint density at radius 3 is 2.55 bits per heavy atom. The van der Waals surface area contributed by atoms with E-state index in [1.165, 1.54) is 12.1 Å². The minimum absolute atomic E-state index is 0.0311. The van der Waals surface area contributed by atoms with Crippen LogP contribution < -0.4 is 0 Å². The molecule has 1 heterocycles. The summed E-state index contributed by atoms with van der Waals surface area (Å²) in [4.78, 5) is 26.8. The van der Waals surface area contributed by atoms with Crippen molar-refractivity contribution in [1.29, 1.82) is 0 Å². The quantitative estimate of drug-likeness (QED) is 0.258. The summed E-state index contributed by atoms with van der Waals surface area (Å²) in [7, 11) is 0. The molecule has 0 amide bonds. The van der Waals surface area contributed by atoms with E-state index in [1.54, 1.807) is 37.4 Å². The highest BCUT2D eigenvalue weighted by molar-refractivity contribution is 5.90. The SMILES string of the molecule is CCOC(=O)c1cccc(-n2c(C)cc(C=Nc3ccc([N+](=O)[O-])cc3)c2C)c1. The number of ether oxygens (including phenoxy) is 1. The van der Waals surface area contributed by atoms with Crippen molar-refractivity contribution in [3.8, 4) is 5.69 Å². The van der Waals surface area contributed by atoms with Crippen LogP contribution in [0.4, 0.5) is 11.4 Å². The lowest BCUT2D eigenvalue weighted by Gasteiger charge is -2.11. The second kappa shape index (κ2) is 8.52. The number of nitrogens with zero attached hydrogens (tertiary/aromatic N) is 3. The van der Waals surface area contributed by atoms with E-state index in [9.17, 15) is 14.9 Å². The van der Waals surface area contributed by atoms with Gasteiger partial charge in [-0.1, -0.05) is 6.07 Å². The molecule has 0 atom stereocenters. The number of nitro groups is 1. The molecule has 0 saturated heterocycles. The van der Waals surface area contributed by atoms with Gasteiger partial charge in [0, 0.05) is 41.0 Å². The van der Waals surface area contributed by atoms with Gasteiger partial charge in [-0.3, -0.25) is 15.1 Å². The first-order valence-corrected chi connectivity index (χ1v) is 9.15. The van der Waals surface area contributed by atoms with E-state index in [4.69, 9.17) is 4.74 Å². The molecule has 0 aliphatic rings. The first kappa shape index (κ1) is 20.0. The van der Waals surface area contributed by atoms with Crippen molar-refractivity contribution in [1.82, 2.24) is 4.57 Å². The van der Waals surface area contributed by atoms with E-state index in [2.05, 4.69) is 4.99 Å². The Morgan fingerprint density at radius 1 is 1.17 bits per heavy atom. The summed E-state index contributed by atoms with van der Waals surface area (Å²) in [6.07, 6.45) is 1.73. The molecule has 0 bridgehead atoms. The molecule has 29 heavy (non-hydrogen) atoms. The number of carbonyl (C=O) groups is 1. The van der Waals surface area contributed by atoms with Crippen molar-refractivity contribution in [2.24, 2.45) is 4.99 Å². The molecule has 0 fully saturated rings. The molecule has 0 aliphatic carbocycles. The van der Waals surface area contributed by atoms with Crippen LogP contribution in [0, 0.1) is 24.0 Å². The molecule has 2 aromatic carbocycles. The van der Waals surface area contributed by atoms with Gasteiger partial charge in [0.15, 0.2) is 0 Å². The minimum Gasteiger partial charge on any atom is -0.462 e. The number of aliphatic imine (C=N–C) groups is 1. The Bertz CT molecular complexity index is 1080. The van der Waals surface area contributed by atoms with Crippen molar-refractivity contribution < 1.29 is 14.5 Å². The first-order valence-electron chi connectivity index (χ1n) is 9.15. The second-order valence-electron chi connectivity index (χ2n) is 6.46. The van der Waals surface area contributed by atoms with Gasteiger partial charge in [0.05, 0.1) is 22.8 Å². The fourth-order valence-corrected chi connectivity index (χ4v) is 3.11. The maximum atomic E-state index is 12.0. The number of non-ortho nitro benzene ring substituents is 1. The van der Waals surface area contributed by atoms with Crippen molar-refractivity contribution >= 4 is 23.6 Å². The predicted molar refractivity (Wildman–Crippen MR) is 112 cm³/mol. The molecule has 3 rings (SSSR count). The summed E-state index contributed by atoms with van der Waals surface area (Å²) in [6, 6.07) is 15.4. The Kier molecular flexibility index (Phi) is 5.87. The van der Waals surface area contributed by atoms with Gasteiger partial charge in [-0.25, -0.2) is 4.79 Å².